The van der Waals surface area contributed by atoms with E-state index in [1.54, 1.807) is 9.80 Å². The van der Waals surface area contributed by atoms with Crippen molar-refractivity contribution in [2.75, 3.05) is 68.1 Å². The summed E-state index contributed by atoms with van der Waals surface area (Å²) in [6.07, 6.45) is 5.81. The van der Waals surface area contributed by atoms with Crippen molar-refractivity contribution in [3.63, 3.8) is 0 Å². The molecule has 0 spiro atoms. The molecule has 0 unspecified atom stereocenters. The second-order valence-corrected chi connectivity index (χ2v) is 11.9. The summed E-state index contributed by atoms with van der Waals surface area (Å²) in [5.74, 6) is 0.811. The number of likely N-dealkylation sites (tertiary alicyclic amines) is 1. The molecule has 0 saturated carbocycles. The van der Waals surface area contributed by atoms with Crippen LogP contribution < -0.4 is 19.4 Å². The van der Waals surface area contributed by atoms with Crippen molar-refractivity contribution in [3.05, 3.63) is 47.7 Å². The highest BCUT2D eigenvalue weighted by Gasteiger charge is 2.34. The number of rotatable bonds is 7. The van der Waals surface area contributed by atoms with Crippen LogP contribution in [0.5, 0.6) is 6.01 Å². The fourth-order valence-corrected chi connectivity index (χ4v) is 6.97. The van der Waals surface area contributed by atoms with Crippen molar-refractivity contribution in [2.45, 2.75) is 57.2 Å². The van der Waals surface area contributed by atoms with Crippen molar-refractivity contribution in [1.29, 1.82) is 5.26 Å². The van der Waals surface area contributed by atoms with Crippen LogP contribution in [0.2, 0.25) is 0 Å². The number of nitrogens with zero attached hydrogens (tertiary/aromatic N) is 8. The molecule has 11 nitrogen and oxygen atoms in total. The zero-order valence-corrected chi connectivity index (χ0v) is 25.2. The van der Waals surface area contributed by atoms with E-state index in [0.717, 1.165) is 67.2 Å². The summed E-state index contributed by atoms with van der Waals surface area (Å²) < 4.78 is 6.28. The van der Waals surface area contributed by atoms with Crippen LogP contribution in [-0.4, -0.2) is 97.1 Å². The van der Waals surface area contributed by atoms with Crippen LogP contribution in [0.3, 0.4) is 0 Å². The normalized spacial score (nSPS) is 22.2. The van der Waals surface area contributed by atoms with Gasteiger partial charge < -0.3 is 29.2 Å². The lowest BCUT2D eigenvalue weighted by Crippen LogP contribution is -2.55. The molecule has 0 aliphatic carbocycles. The lowest BCUT2D eigenvalue weighted by Gasteiger charge is -2.42. The third-order valence-corrected chi connectivity index (χ3v) is 9.42. The monoisotopic (exact) mass is 584 g/mol. The third-order valence-electron chi connectivity index (χ3n) is 9.42. The molecule has 4 aliphatic rings. The number of benzene rings is 1. The molecule has 6 rings (SSSR count). The Kier molecular flexibility index (Phi) is 8.21. The summed E-state index contributed by atoms with van der Waals surface area (Å²) in [5, 5.41) is 9.52. The van der Waals surface area contributed by atoms with Crippen molar-refractivity contribution in [2.24, 2.45) is 0 Å². The van der Waals surface area contributed by atoms with Gasteiger partial charge in [-0.3, -0.25) is 9.59 Å². The number of hydrogen-bond donors (Lipinski definition) is 0. The van der Waals surface area contributed by atoms with Crippen LogP contribution in [0.1, 0.15) is 42.5 Å². The van der Waals surface area contributed by atoms with Gasteiger partial charge in [0.1, 0.15) is 12.4 Å². The quantitative estimate of drug-likeness (QED) is 0.454. The summed E-state index contributed by atoms with van der Waals surface area (Å²) in [7, 11) is 3.99. The Balaban J connectivity index is 1.33. The maximum absolute atomic E-state index is 12.6. The maximum Gasteiger partial charge on any atom is 0.318 e. The maximum atomic E-state index is 12.6. The Morgan fingerprint density at radius 2 is 1.98 bits per heavy atom. The molecule has 1 aromatic carbocycles. The Hall–Kier alpha value is -4.17. The summed E-state index contributed by atoms with van der Waals surface area (Å²) in [6.45, 7) is 8.15. The van der Waals surface area contributed by atoms with E-state index in [4.69, 9.17) is 14.7 Å². The van der Waals surface area contributed by atoms with Crippen molar-refractivity contribution >= 4 is 29.0 Å². The molecule has 2 amide bonds. The zero-order chi connectivity index (χ0) is 30.1. The molecule has 0 radical (unpaired) electrons. The summed E-state index contributed by atoms with van der Waals surface area (Å²) in [5.41, 5.74) is 5.21. The first kappa shape index (κ1) is 28.9. The van der Waals surface area contributed by atoms with E-state index < -0.39 is 0 Å². The minimum Gasteiger partial charge on any atom is -0.462 e. The molecule has 43 heavy (non-hydrogen) atoms. The number of nitriles is 1. The molecule has 2 fully saturated rings. The van der Waals surface area contributed by atoms with Gasteiger partial charge in [0.2, 0.25) is 11.8 Å². The highest BCUT2D eigenvalue weighted by molar-refractivity contribution is 5.99. The standard InChI is InChI=1S/C32H40N8O3/c1-4-28(41)40-18-17-39(19-23(40)12-14-33)31-25-13-16-38(27-9-5-7-22-10-11-29(42)37(3)30(22)27)20-26(25)34-32(35-31)43-21-24-8-6-15-36(24)2/h4-5,7,9,23-24H,1,6,8,10-13,15-21H2,2-3H3/t23-,24-/m0/s1. The van der Waals surface area contributed by atoms with Crippen LogP contribution >= 0.6 is 0 Å². The highest BCUT2D eigenvalue weighted by atomic mass is 16.5. The average Bonchev–Trinajstić information content (AvgIpc) is 3.44. The molecule has 5 heterocycles. The number of carbonyl (C=O) groups excluding carboxylic acids is 2. The van der Waals surface area contributed by atoms with E-state index in [9.17, 15) is 14.9 Å². The topological polar surface area (TPSA) is 109 Å². The molecule has 2 aromatic rings. The lowest BCUT2D eigenvalue weighted by atomic mass is 9.98. The molecule has 0 N–H and O–H groups in total. The SMILES string of the molecule is C=CC(=O)N1CCN(c2nc(OC[C@@H]3CCCN3C)nc3c2CCN(c2cccc4c2N(C)C(=O)CC4)C3)C[C@@H]1CC#N. The van der Waals surface area contributed by atoms with Crippen LogP contribution in [-0.2, 0) is 29.0 Å². The van der Waals surface area contributed by atoms with E-state index in [1.165, 1.54) is 11.6 Å². The molecule has 0 bridgehead atoms. The van der Waals surface area contributed by atoms with Gasteiger partial charge in [0.15, 0.2) is 0 Å². The van der Waals surface area contributed by atoms with Gasteiger partial charge in [-0.25, -0.2) is 0 Å². The smallest absolute Gasteiger partial charge is 0.318 e. The van der Waals surface area contributed by atoms with E-state index in [1.807, 2.05) is 7.05 Å². The Bertz CT molecular complexity index is 1450. The summed E-state index contributed by atoms with van der Waals surface area (Å²) >= 11 is 0. The predicted molar refractivity (Wildman–Crippen MR) is 164 cm³/mol. The lowest BCUT2D eigenvalue weighted by molar-refractivity contribution is -0.128. The van der Waals surface area contributed by atoms with E-state index in [0.29, 0.717) is 51.3 Å². The molecule has 4 aliphatic heterocycles. The summed E-state index contributed by atoms with van der Waals surface area (Å²) in [4.78, 5) is 45.4. The van der Waals surface area contributed by atoms with Crippen LogP contribution in [0, 0.1) is 11.3 Å². The molecule has 11 heteroatoms. The largest absolute Gasteiger partial charge is 0.462 e. The van der Waals surface area contributed by atoms with Gasteiger partial charge in [-0.2, -0.15) is 15.2 Å². The number of amides is 2. The van der Waals surface area contributed by atoms with Gasteiger partial charge in [-0.15, -0.1) is 0 Å². The number of likely N-dealkylation sites (N-methyl/N-ethyl adjacent to an activating group) is 1. The second kappa shape index (κ2) is 12.2. The fourth-order valence-electron chi connectivity index (χ4n) is 6.97. The van der Waals surface area contributed by atoms with Gasteiger partial charge in [-0.1, -0.05) is 18.7 Å². The number of ether oxygens (including phenoxy) is 1. The number of hydrogen-bond acceptors (Lipinski definition) is 9. The second-order valence-electron chi connectivity index (χ2n) is 11.9. The number of piperazine rings is 1. The Labute approximate surface area is 253 Å². The van der Waals surface area contributed by atoms with E-state index >= 15 is 0 Å². The molecule has 226 valence electrons. The third kappa shape index (κ3) is 5.64. The minimum absolute atomic E-state index is 0.135. The molecular formula is C32H40N8O3. The number of para-hydroxylation sites is 1. The molecule has 2 atom stereocenters. The van der Waals surface area contributed by atoms with Gasteiger partial charge in [-0.05, 0) is 57.0 Å². The van der Waals surface area contributed by atoms with Gasteiger partial charge in [0.25, 0.3) is 0 Å². The predicted octanol–water partition coefficient (Wildman–Crippen LogP) is 2.54. The van der Waals surface area contributed by atoms with Gasteiger partial charge in [0, 0.05) is 51.3 Å². The van der Waals surface area contributed by atoms with E-state index in [2.05, 4.69) is 52.6 Å². The number of anilines is 3. The van der Waals surface area contributed by atoms with Crippen LogP contribution in [0.25, 0.3) is 0 Å². The van der Waals surface area contributed by atoms with Gasteiger partial charge >= 0.3 is 6.01 Å². The highest BCUT2D eigenvalue weighted by Crippen LogP contribution is 2.39. The Morgan fingerprint density at radius 3 is 2.74 bits per heavy atom. The van der Waals surface area contributed by atoms with Crippen molar-refractivity contribution < 1.29 is 14.3 Å². The first-order valence-electron chi connectivity index (χ1n) is 15.3. The number of fused-ring (bicyclic) bond motifs is 2. The molecule has 2 saturated heterocycles. The van der Waals surface area contributed by atoms with Crippen molar-refractivity contribution in [3.8, 4) is 12.1 Å². The van der Waals surface area contributed by atoms with E-state index in [-0.39, 0.29) is 24.3 Å². The molecule has 1 aromatic heterocycles. The summed E-state index contributed by atoms with van der Waals surface area (Å²) in [6, 6.07) is 8.97. The van der Waals surface area contributed by atoms with Gasteiger partial charge in [0.05, 0.1) is 42.1 Å². The average molecular weight is 585 g/mol. The van der Waals surface area contributed by atoms with Crippen LogP contribution in [0.15, 0.2) is 30.9 Å². The fraction of sp³-hybridized carbons (Fsp3) is 0.531. The number of aryl methyl sites for hydroxylation is 1. The van der Waals surface area contributed by atoms with Crippen molar-refractivity contribution in [1.82, 2.24) is 19.8 Å². The first-order chi connectivity index (χ1) is 20.9. The molecular weight excluding hydrogens is 544 g/mol. The Morgan fingerprint density at radius 1 is 1.12 bits per heavy atom. The number of carbonyl (C=O) groups is 2. The minimum atomic E-state index is -0.254. The van der Waals surface area contributed by atoms with Crippen LogP contribution in [0.4, 0.5) is 17.2 Å². The number of aromatic nitrogens is 2. The first-order valence-corrected chi connectivity index (χ1v) is 15.3. The zero-order valence-electron chi connectivity index (χ0n) is 25.2.